The van der Waals surface area contributed by atoms with Gasteiger partial charge in [0, 0.05) is 32.1 Å². The number of carbonyl (C=O) groups excluding carboxylic acids is 3. The fourth-order valence-corrected chi connectivity index (χ4v) is 4.85. The van der Waals surface area contributed by atoms with Crippen LogP contribution in [-0.4, -0.2) is 58.0 Å². The predicted octanol–water partition coefficient (Wildman–Crippen LogP) is 3.20. The van der Waals surface area contributed by atoms with Crippen LogP contribution in [0.15, 0.2) is 18.3 Å². The smallest absolute Gasteiger partial charge is 0.368 e. The Morgan fingerprint density at radius 3 is 2.57 bits per heavy atom. The average molecular weight is 513 g/mol. The molecule has 3 rings (SSSR count). The van der Waals surface area contributed by atoms with Gasteiger partial charge in [0.25, 0.3) is 0 Å². The zero-order chi connectivity index (χ0) is 26.1. The van der Waals surface area contributed by atoms with Gasteiger partial charge < -0.3 is 16.0 Å². The van der Waals surface area contributed by atoms with E-state index in [1.165, 1.54) is 24.1 Å². The van der Waals surface area contributed by atoms with Crippen molar-refractivity contribution in [2.75, 3.05) is 18.4 Å². The fraction of sp³-hybridized carbons (Fsp3) is 0.500. The van der Waals surface area contributed by atoms with Crippen LogP contribution in [0.5, 0.6) is 0 Å². The van der Waals surface area contributed by atoms with Crippen molar-refractivity contribution in [3.05, 3.63) is 29.7 Å². The lowest BCUT2D eigenvalue weighted by Crippen LogP contribution is -2.49. The molecule has 3 heterocycles. The van der Waals surface area contributed by atoms with E-state index in [1.54, 1.807) is 13.0 Å². The van der Waals surface area contributed by atoms with Crippen LogP contribution in [0.1, 0.15) is 38.6 Å². The molecule has 0 saturated carbocycles. The quantitative estimate of drug-likeness (QED) is 0.547. The van der Waals surface area contributed by atoms with Gasteiger partial charge in [-0.25, -0.2) is 9.78 Å². The van der Waals surface area contributed by atoms with E-state index in [0.29, 0.717) is 22.6 Å². The number of likely N-dealkylation sites (tertiary alicyclic amines) is 1. The number of hydrogen-bond acceptors (Lipinski definition) is 6. The number of nitrogens with zero attached hydrogens (tertiary/aromatic N) is 3. The van der Waals surface area contributed by atoms with Gasteiger partial charge in [0.2, 0.25) is 11.8 Å². The highest BCUT2D eigenvalue weighted by atomic mass is 32.1. The number of alkyl halides is 3. The molecule has 1 fully saturated rings. The highest BCUT2D eigenvalue weighted by molar-refractivity contribution is 7.19. The molecule has 4 N–H and O–H groups in total. The van der Waals surface area contributed by atoms with Crippen LogP contribution >= 0.6 is 11.3 Å². The van der Waals surface area contributed by atoms with Gasteiger partial charge >= 0.3 is 12.2 Å². The fourth-order valence-electron chi connectivity index (χ4n) is 3.90. The summed E-state index contributed by atoms with van der Waals surface area (Å²) in [5, 5.41) is 5.53. The number of aromatic nitrogens is 2. The van der Waals surface area contributed by atoms with Crippen molar-refractivity contribution in [2.24, 2.45) is 11.7 Å². The van der Waals surface area contributed by atoms with Crippen molar-refractivity contribution in [3.8, 4) is 10.4 Å². The molecule has 0 bridgehead atoms. The summed E-state index contributed by atoms with van der Waals surface area (Å²) in [5.74, 6) is -1.25. The number of rotatable bonds is 6. The summed E-state index contributed by atoms with van der Waals surface area (Å²) in [6.45, 7) is 5.65. The summed E-state index contributed by atoms with van der Waals surface area (Å²) in [6.07, 6.45) is -2.68. The number of halogens is 3. The van der Waals surface area contributed by atoms with Gasteiger partial charge in [0.1, 0.15) is 11.5 Å². The minimum Gasteiger partial charge on any atom is -0.368 e. The first-order valence-electron chi connectivity index (χ1n) is 10.8. The third-order valence-corrected chi connectivity index (χ3v) is 7.19. The Labute approximate surface area is 204 Å². The number of nitrogens with two attached hydrogens (primary N) is 1. The third-order valence-electron chi connectivity index (χ3n) is 6.07. The zero-order valence-electron chi connectivity index (χ0n) is 19.7. The molecule has 1 aliphatic heterocycles. The summed E-state index contributed by atoms with van der Waals surface area (Å²) in [7, 11) is 0. The van der Waals surface area contributed by atoms with Crippen LogP contribution in [-0.2, 0) is 15.0 Å². The summed E-state index contributed by atoms with van der Waals surface area (Å²) in [6, 6.07) is 1.48. The highest BCUT2D eigenvalue weighted by Gasteiger charge is 2.49. The van der Waals surface area contributed by atoms with Crippen molar-refractivity contribution < 1.29 is 27.6 Å². The molecule has 13 heteroatoms. The van der Waals surface area contributed by atoms with Gasteiger partial charge in [-0.2, -0.15) is 13.2 Å². The van der Waals surface area contributed by atoms with Gasteiger partial charge in [0.15, 0.2) is 5.13 Å². The molecule has 1 saturated heterocycles. The van der Waals surface area contributed by atoms with Crippen LogP contribution < -0.4 is 16.4 Å². The van der Waals surface area contributed by atoms with E-state index in [0.717, 1.165) is 25.2 Å². The molecule has 2 aromatic rings. The Morgan fingerprint density at radius 2 is 1.97 bits per heavy atom. The Hall–Kier alpha value is -3.22. The second kappa shape index (κ2) is 9.80. The standard InChI is InChI=1S/C22H27F3N6O3S/c1-11-17(13-5-7-27-15(9-13)21(3,4)22(23,24)25)35-19(29-11)30-20(34)31-8-6-14(10-28-12(2)32)16(31)18(26)33/h5,7,9,14,16H,6,8,10H2,1-4H3,(H2,26,33)(H,28,32)(H,29,30,34). The lowest BCUT2D eigenvalue weighted by Gasteiger charge is -2.27. The second-order valence-corrected chi connectivity index (χ2v) is 9.94. The minimum absolute atomic E-state index is 0.132. The molecule has 9 nitrogen and oxygen atoms in total. The van der Waals surface area contributed by atoms with Gasteiger partial charge in [-0.3, -0.25) is 19.9 Å². The van der Waals surface area contributed by atoms with Crippen LogP contribution in [0, 0.1) is 12.8 Å². The molecule has 2 atom stereocenters. The monoisotopic (exact) mass is 512 g/mol. The van der Waals surface area contributed by atoms with E-state index in [-0.39, 0.29) is 35.7 Å². The van der Waals surface area contributed by atoms with E-state index in [1.807, 2.05) is 0 Å². The van der Waals surface area contributed by atoms with Crippen LogP contribution in [0.4, 0.5) is 23.1 Å². The van der Waals surface area contributed by atoms with E-state index in [2.05, 4.69) is 20.6 Å². The van der Waals surface area contributed by atoms with E-state index >= 15 is 0 Å². The summed E-state index contributed by atoms with van der Waals surface area (Å²) >= 11 is 1.10. The van der Waals surface area contributed by atoms with Gasteiger partial charge in [0.05, 0.1) is 16.3 Å². The van der Waals surface area contributed by atoms with Crippen molar-refractivity contribution in [1.82, 2.24) is 20.2 Å². The first-order chi connectivity index (χ1) is 16.2. The number of anilines is 1. The number of amides is 4. The molecule has 0 spiro atoms. The second-order valence-electron chi connectivity index (χ2n) is 8.94. The molecular weight excluding hydrogens is 485 g/mol. The lowest BCUT2D eigenvalue weighted by molar-refractivity contribution is -0.181. The SMILES string of the molecule is CC(=O)NCC1CCN(C(=O)Nc2nc(C)c(-c3ccnc(C(C)(C)C(F)(F)F)c3)s2)C1C(N)=O. The minimum atomic E-state index is -4.48. The van der Waals surface area contributed by atoms with Crippen molar-refractivity contribution in [3.63, 3.8) is 0 Å². The Morgan fingerprint density at radius 1 is 1.29 bits per heavy atom. The molecular formula is C22H27F3N6O3S. The third kappa shape index (κ3) is 5.55. The first kappa shape index (κ1) is 26.4. The average Bonchev–Trinajstić information content (AvgIpc) is 3.35. The summed E-state index contributed by atoms with van der Waals surface area (Å²) in [4.78, 5) is 46.3. The number of urea groups is 1. The molecule has 0 radical (unpaired) electrons. The van der Waals surface area contributed by atoms with Crippen LogP contribution in [0.2, 0.25) is 0 Å². The topological polar surface area (TPSA) is 130 Å². The zero-order valence-corrected chi connectivity index (χ0v) is 20.5. The number of hydrogen-bond donors (Lipinski definition) is 3. The molecule has 2 aromatic heterocycles. The van der Waals surface area contributed by atoms with E-state index in [4.69, 9.17) is 5.73 Å². The van der Waals surface area contributed by atoms with Crippen molar-refractivity contribution in [2.45, 2.75) is 51.7 Å². The Bertz CT molecular complexity index is 1130. The highest BCUT2D eigenvalue weighted by Crippen LogP contribution is 2.41. The number of thiazole rings is 1. The summed E-state index contributed by atoms with van der Waals surface area (Å²) in [5.41, 5.74) is 4.26. The van der Waals surface area contributed by atoms with Crippen LogP contribution in [0.25, 0.3) is 10.4 Å². The number of aryl methyl sites for hydroxylation is 1. The van der Waals surface area contributed by atoms with Gasteiger partial charge in [-0.05, 0) is 44.9 Å². The predicted molar refractivity (Wildman–Crippen MR) is 125 cm³/mol. The number of pyridine rings is 1. The number of carbonyl (C=O) groups is 3. The molecule has 1 aliphatic rings. The molecule has 2 unspecified atom stereocenters. The normalized spacial score (nSPS) is 18.4. The van der Waals surface area contributed by atoms with Gasteiger partial charge in [-0.1, -0.05) is 11.3 Å². The molecule has 0 aliphatic carbocycles. The van der Waals surface area contributed by atoms with Crippen molar-refractivity contribution in [1.29, 1.82) is 0 Å². The largest absolute Gasteiger partial charge is 0.399 e. The number of primary amides is 1. The van der Waals surface area contributed by atoms with Crippen LogP contribution in [0.3, 0.4) is 0 Å². The Balaban J connectivity index is 1.80. The number of nitrogens with one attached hydrogen (secondary N) is 2. The maximum atomic E-state index is 13.5. The molecule has 0 aromatic carbocycles. The van der Waals surface area contributed by atoms with Gasteiger partial charge in [-0.15, -0.1) is 0 Å². The Kier molecular flexibility index (Phi) is 7.39. The molecule has 35 heavy (non-hydrogen) atoms. The maximum Gasteiger partial charge on any atom is 0.399 e. The van der Waals surface area contributed by atoms with Crippen molar-refractivity contribution >= 4 is 34.3 Å². The molecule has 4 amide bonds. The first-order valence-corrected chi connectivity index (χ1v) is 11.7. The molecule has 190 valence electrons. The maximum absolute atomic E-state index is 13.5. The summed E-state index contributed by atoms with van der Waals surface area (Å²) < 4.78 is 40.4. The lowest BCUT2D eigenvalue weighted by atomic mass is 9.87. The van der Waals surface area contributed by atoms with E-state index in [9.17, 15) is 27.6 Å². The van der Waals surface area contributed by atoms with E-state index < -0.39 is 29.6 Å².